The van der Waals surface area contributed by atoms with E-state index < -0.39 is 0 Å². The fraction of sp³-hybridized carbons (Fsp3) is 0. The van der Waals surface area contributed by atoms with E-state index in [1.54, 1.807) is 0 Å². The molecule has 0 heterocycles. The van der Waals surface area contributed by atoms with Gasteiger partial charge in [-0.15, -0.1) is 0 Å². The molecule has 1 nitrogen and oxygen atoms in total. The summed E-state index contributed by atoms with van der Waals surface area (Å²) < 4.78 is 6.20. The van der Waals surface area contributed by atoms with E-state index in [9.17, 15) is 0 Å². The Labute approximate surface area is 172 Å². The van der Waals surface area contributed by atoms with E-state index in [0.717, 1.165) is 22.3 Å². The van der Waals surface area contributed by atoms with Crippen molar-refractivity contribution in [1.29, 1.82) is 0 Å². The molecule has 0 atom stereocenters. The first kappa shape index (κ1) is 15.7. The molecular formula is C20H14KO. The van der Waals surface area contributed by atoms with Crippen LogP contribution < -0.4 is 4.74 Å². The van der Waals surface area contributed by atoms with Crippen molar-refractivity contribution in [2.24, 2.45) is 0 Å². The van der Waals surface area contributed by atoms with Crippen LogP contribution in [-0.2, 0) is 0 Å². The molecule has 2 heteroatoms. The van der Waals surface area contributed by atoms with E-state index in [4.69, 9.17) is 4.74 Å². The number of hydrogen-bond acceptors (Lipinski definition) is 1. The molecule has 0 saturated carbocycles. The summed E-state index contributed by atoms with van der Waals surface area (Å²) in [4.78, 5) is 0. The van der Waals surface area contributed by atoms with E-state index in [-0.39, 0.29) is 51.4 Å². The Morgan fingerprint density at radius 2 is 0.864 bits per heavy atom. The molecule has 1 radical (unpaired) electrons. The van der Waals surface area contributed by atoms with Gasteiger partial charge in [-0.05, 0) is 22.9 Å². The van der Waals surface area contributed by atoms with E-state index in [0.29, 0.717) is 0 Å². The summed E-state index contributed by atoms with van der Waals surface area (Å²) in [5, 5.41) is 4.64. The minimum atomic E-state index is 0. The Kier molecular flexibility index (Phi) is 4.96. The molecule has 0 aromatic heterocycles. The first-order chi connectivity index (χ1) is 10.4. The summed E-state index contributed by atoms with van der Waals surface area (Å²) in [6, 6.07) is 28.9. The zero-order valence-electron chi connectivity index (χ0n) is 12.5. The van der Waals surface area contributed by atoms with Crippen LogP contribution in [0.3, 0.4) is 0 Å². The van der Waals surface area contributed by atoms with Crippen LogP contribution in [0, 0.1) is 0 Å². The molecule has 4 rings (SSSR count). The molecule has 101 valence electrons. The van der Waals surface area contributed by atoms with Crippen LogP contribution in [0.4, 0.5) is 0 Å². The van der Waals surface area contributed by atoms with Crippen molar-refractivity contribution in [3.63, 3.8) is 0 Å². The third-order valence-corrected chi connectivity index (χ3v) is 3.72. The third kappa shape index (κ3) is 2.98. The smallest absolute Gasteiger partial charge is 0.135 e. The van der Waals surface area contributed by atoms with E-state index in [1.165, 1.54) is 10.8 Å². The molecule has 22 heavy (non-hydrogen) atoms. The second kappa shape index (κ2) is 6.94. The molecule has 0 unspecified atom stereocenters. The standard InChI is InChI=1S/C20H14O.K/c1-3-11-17-15(7-1)9-5-13-19(17)21-20-14-6-10-16-8-2-4-12-18(16)20;/h1-14H;. The summed E-state index contributed by atoms with van der Waals surface area (Å²) in [5.41, 5.74) is 0. The molecule has 0 bridgehead atoms. The zero-order chi connectivity index (χ0) is 14.1. The van der Waals surface area contributed by atoms with Crippen molar-refractivity contribution in [3.8, 4) is 11.5 Å². The maximum absolute atomic E-state index is 6.20. The second-order valence-corrected chi connectivity index (χ2v) is 5.06. The summed E-state index contributed by atoms with van der Waals surface area (Å²) in [6.45, 7) is 0. The topological polar surface area (TPSA) is 9.23 Å². The quantitative estimate of drug-likeness (QED) is 0.450. The van der Waals surface area contributed by atoms with E-state index >= 15 is 0 Å². The molecule has 0 aliphatic heterocycles. The Balaban J connectivity index is 0.00000144. The number of fused-ring (bicyclic) bond motifs is 2. The van der Waals surface area contributed by atoms with Gasteiger partial charge < -0.3 is 4.74 Å². The minimum Gasteiger partial charge on any atom is -0.456 e. The van der Waals surface area contributed by atoms with Crippen LogP contribution in [0.5, 0.6) is 11.5 Å². The van der Waals surface area contributed by atoms with Crippen LogP contribution in [0.2, 0.25) is 0 Å². The van der Waals surface area contributed by atoms with Gasteiger partial charge in [-0.2, -0.15) is 0 Å². The second-order valence-electron chi connectivity index (χ2n) is 5.06. The Bertz CT molecular complexity index is 843. The van der Waals surface area contributed by atoms with Gasteiger partial charge in [0.2, 0.25) is 0 Å². The van der Waals surface area contributed by atoms with Crippen LogP contribution in [0.1, 0.15) is 0 Å². The van der Waals surface area contributed by atoms with Gasteiger partial charge in [0.05, 0.1) is 0 Å². The molecule has 0 aliphatic rings. The monoisotopic (exact) mass is 309 g/mol. The van der Waals surface area contributed by atoms with Crippen LogP contribution >= 0.6 is 0 Å². The van der Waals surface area contributed by atoms with Gasteiger partial charge in [0, 0.05) is 62.2 Å². The molecule has 0 fully saturated rings. The number of rotatable bonds is 2. The summed E-state index contributed by atoms with van der Waals surface area (Å²) >= 11 is 0. The Morgan fingerprint density at radius 3 is 1.36 bits per heavy atom. The van der Waals surface area contributed by atoms with Gasteiger partial charge in [0.25, 0.3) is 0 Å². The molecule has 0 N–H and O–H groups in total. The summed E-state index contributed by atoms with van der Waals surface area (Å²) in [7, 11) is 0. The predicted molar refractivity (Wildman–Crippen MR) is 93.7 cm³/mol. The predicted octanol–water partition coefficient (Wildman–Crippen LogP) is 5.40. The molecule has 0 aliphatic carbocycles. The molecule has 0 saturated heterocycles. The van der Waals surface area contributed by atoms with Crippen LogP contribution in [0.25, 0.3) is 21.5 Å². The molecular weight excluding hydrogens is 295 g/mol. The van der Waals surface area contributed by atoms with Gasteiger partial charge >= 0.3 is 0 Å². The fourth-order valence-electron chi connectivity index (χ4n) is 2.69. The first-order valence-corrected chi connectivity index (χ1v) is 7.05. The number of benzene rings is 4. The Hall–Kier alpha value is -1.16. The van der Waals surface area contributed by atoms with Gasteiger partial charge in [0.15, 0.2) is 0 Å². The Morgan fingerprint density at radius 1 is 0.455 bits per heavy atom. The summed E-state index contributed by atoms with van der Waals surface area (Å²) in [6.07, 6.45) is 0. The fourth-order valence-corrected chi connectivity index (χ4v) is 2.69. The maximum atomic E-state index is 6.20. The first-order valence-electron chi connectivity index (χ1n) is 7.05. The summed E-state index contributed by atoms with van der Waals surface area (Å²) in [5.74, 6) is 1.79. The van der Waals surface area contributed by atoms with Crippen molar-refractivity contribution in [3.05, 3.63) is 84.9 Å². The van der Waals surface area contributed by atoms with Crippen molar-refractivity contribution in [2.45, 2.75) is 0 Å². The molecule has 0 spiro atoms. The van der Waals surface area contributed by atoms with Crippen LogP contribution in [0.15, 0.2) is 84.9 Å². The zero-order valence-corrected chi connectivity index (χ0v) is 15.6. The minimum absolute atomic E-state index is 0. The number of hydrogen-bond donors (Lipinski definition) is 0. The van der Waals surface area contributed by atoms with Gasteiger partial charge in [-0.25, -0.2) is 0 Å². The van der Waals surface area contributed by atoms with Crippen molar-refractivity contribution in [2.75, 3.05) is 0 Å². The maximum Gasteiger partial charge on any atom is 0.135 e. The largest absolute Gasteiger partial charge is 0.456 e. The van der Waals surface area contributed by atoms with E-state index in [2.05, 4.69) is 36.4 Å². The van der Waals surface area contributed by atoms with Gasteiger partial charge in [-0.1, -0.05) is 72.8 Å². The average molecular weight is 309 g/mol. The average Bonchev–Trinajstić information content (AvgIpc) is 2.56. The molecule has 4 aromatic rings. The van der Waals surface area contributed by atoms with Crippen LogP contribution in [-0.4, -0.2) is 51.4 Å². The van der Waals surface area contributed by atoms with Crippen molar-refractivity contribution >= 4 is 72.9 Å². The third-order valence-electron chi connectivity index (χ3n) is 3.72. The van der Waals surface area contributed by atoms with E-state index in [1.807, 2.05) is 48.5 Å². The molecule has 4 aromatic carbocycles. The van der Waals surface area contributed by atoms with Gasteiger partial charge in [-0.3, -0.25) is 0 Å². The van der Waals surface area contributed by atoms with Crippen molar-refractivity contribution in [1.82, 2.24) is 0 Å². The SMILES string of the molecule is [K].c1ccc2c(Oc3cccc4ccccc34)cccc2c1. The molecule has 0 amide bonds. The normalized spacial score (nSPS) is 10.4. The number of ether oxygens (including phenoxy) is 1. The van der Waals surface area contributed by atoms with Gasteiger partial charge in [0.1, 0.15) is 11.5 Å². The van der Waals surface area contributed by atoms with Crippen molar-refractivity contribution < 1.29 is 4.74 Å².